The SMILES string of the molecule is Cn1cc(N2CCCC(Nc3c(C#N)cnc4ccc(Cl)cc34)C2)cn1. The van der Waals surface area contributed by atoms with E-state index in [1.54, 1.807) is 6.20 Å². The van der Waals surface area contributed by atoms with Crippen LogP contribution in [0.1, 0.15) is 18.4 Å². The fraction of sp³-hybridized carbons (Fsp3) is 0.316. The minimum atomic E-state index is 0.237. The van der Waals surface area contributed by atoms with Gasteiger partial charge in [-0.05, 0) is 31.0 Å². The number of nitrogens with one attached hydrogen (secondary N) is 1. The Hall–Kier alpha value is -2.78. The van der Waals surface area contributed by atoms with Crippen LogP contribution in [-0.4, -0.2) is 33.9 Å². The molecule has 1 atom stereocenters. The third kappa shape index (κ3) is 3.18. The van der Waals surface area contributed by atoms with Gasteiger partial charge in [0.25, 0.3) is 0 Å². The zero-order chi connectivity index (χ0) is 18.1. The van der Waals surface area contributed by atoms with Gasteiger partial charge in [-0.15, -0.1) is 0 Å². The number of pyridine rings is 1. The largest absolute Gasteiger partial charge is 0.379 e. The number of rotatable bonds is 3. The summed E-state index contributed by atoms with van der Waals surface area (Å²) in [5.74, 6) is 0. The molecule has 7 heteroatoms. The summed E-state index contributed by atoms with van der Waals surface area (Å²) in [5.41, 5.74) is 3.31. The van der Waals surface area contributed by atoms with Gasteiger partial charge in [0.05, 0.1) is 28.7 Å². The Labute approximate surface area is 157 Å². The van der Waals surface area contributed by atoms with Gasteiger partial charge >= 0.3 is 0 Å². The lowest BCUT2D eigenvalue weighted by Gasteiger charge is -2.34. The Bertz CT molecular complexity index is 989. The maximum atomic E-state index is 9.53. The standard InChI is InChI=1S/C19H19ClN6/c1-25-12-16(10-23-25)26-6-2-3-15(11-26)24-19-13(8-21)9-22-18-5-4-14(20)7-17(18)19/h4-5,7,9-10,12,15H,2-3,6,11H2,1H3,(H,22,24). The van der Waals surface area contributed by atoms with Crippen molar-refractivity contribution in [3.05, 3.63) is 47.4 Å². The van der Waals surface area contributed by atoms with E-state index in [-0.39, 0.29) is 6.04 Å². The average Bonchev–Trinajstić information content (AvgIpc) is 3.09. The topological polar surface area (TPSA) is 69.8 Å². The lowest BCUT2D eigenvalue weighted by atomic mass is 10.0. The van der Waals surface area contributed by atoms with Gasteiger partial charge < -0.3 is 10.2 Å². The maximum absolute atomic E-state index is 9.53. The van der Waals surface area contributed by atoms with Crippen LogP contribution < -0.4 is 10.2 Å². The summed E-state index contributed by atoms with van der Waals surface area (Å²) in [6, 6.07) is 8.05. The van der Waals surface area contributed by atoms with Crippen molar-refractivity contribution in [3.8, 4) is 6.07 Å². The first-order chi connectivity index (χ1) is 12.6. The van der Waals surface area contributed by atoms with Crippen molar-refractivity contribution in [2.24, 2.45) is 7.05 Å². The number of hydrogen-bond donors (Lipinski definition) is 1. The summed E-state index contributed by atoms with van der Waals surface area (Å²) in [4.78, 5) is 6.70. The first kappa shape index (κ1) is 16.7. The molecule has 132 valence electrons. The van der Waals surface area contributed by atoms with Gasteiger partial charge in [0.15, 0.2) is 0 Å². The highest BCUT2D eigenvalue weighted by atomic mass is 35.5. The highest BCUT2D eigenvalue weighted by Gasteiger charge is 2.22. The van der Waals surface area contributed by atoms with Crippen molar-refractivity contribution >= 4 is 33.9 Å². The molecule has 0 radical (unpaired) electrons. The molecule has 1 aliphatic heterocycles. The molecule has 0 saturated carbocycles. The molecule has 1 saturated heterocycles. The van der Waals surface area contributed by atoms with Crippen LogP contribution in [0.3, 0.4) is 0 Å². The van der Waals surface area contributed by atoms with Crippen molar-refractivity contribution in [2.75, 3.05) is 23.3 Å². The highest BCUT2D eigenvalue weighted by molar-refractivity contribution is 6.31. The number of aromatic nitrogens is 3. The molecular weight excluding hydrogens is 348 g/mol. The van der Waals surface area contributed by atoms with Crippen LogP contribution in [0.2, 0.25) is 5.02 Å². The lowest BCUT2D eigenvalue weighted by Crippen LogP contribution is -2.42. The molecule has 3 heterocycles. The van der Waals surface area contributed by atoms with Crippen molar-refractivity contribution in [3.63, 3.8) is 0 Å². The summed E-state index contributed by atoms with van der Waals surface area (Å²) >= 11 is 6.18. The molecule has 26 heavy (non-hydrogen) atoms. The van der Waals surface area contributed by atoms with Gasteiger partial charge in [-0.25, -0.2) is 0 Å². The van der Waals surface area contributed by atoms with E-state index < -0.39 is 0 Å². The number of fused-ring (bicyclic) bond motifs is 1. The molecule has 1 aromatic carbocycles. The molecule has 0 bridgehead atoms. The predicted octanol–water partition coefficient (Wildman–Crippen LogP) is 3.57. The van der Waals surface area contributed by atoms with Crippen molar-refractivity contribution in [2.45, 2.75) is 18.9 Å². The second-order valence-electron chi connectivity index (χ2n) is 6.62. The first-order valence-electron chi connectivity index (χ1n) is 8.62. The van der Waals surface area contributed by atoms with Crippen LogP contribution in [0, 0.1) is 11.3 Å². The molecule has 3 aromatic rings. The van der Waals surface area contributed by atoms with Crippen molar-refractivity contribution < 1.29 is 0 Å². The van der Waals surface area contributed by atoms with Crippen LogP contribution in [-0.2, 0) is 7.05 Å². The van der Waals surface area contributed by atoms with Gasteiger partial charge in [0.1, 0.15) is 6.07 Å². The van der Waals surface area contributed by atoms with E-state index in [0.717, 1.165) is 48.2 Å². The third-order valence-corrected chi connectivity index (χ3v) is 5.01. The summed E-state index contributed by atoms with van der Waals surface area (Å²) in [6.07, 6.45) is 7.68. The molecule has 0 spiro atoms. The Morgan fingerprint density at radius 2 is 2.23 bits per heavy atom. The molecule has 0 amide bonds. The predicted molar refractivity (Wildman–Crippen MR) is 104 cm³/mol. The summed E-state index contributed by atoms with van der Waals surface area (Å²) in [5, 5.41) is 18.9. The van der Waals surface area contributed by atoms with Crippen molar-refractivity contribution in [1.82, 2.24) is 14.8 Å². The zero-order valence-electron chi connectivity index (χ0n) is 14.5. The summed E-state index contributed by atoms with van der Waals surface area (Å²) in [7, 11) is 1.93. The molecule has 6 nitrogen and oxygen atoms in total. The smallest absolute Gasteiger partial charge is 0.103 e. The van der Waals surface area contributed by atoms with Crippen LogP contribution in [0.5, 0.6) is 0 Å². The quantitative estimate of drug-likeness (QED) is 0.767. The highest BCUT2D eigenvalue weighted by Crippen LogP contribution is 2.30. The Kier molecular flexibility index (Phi) is 4.39. The lowest BCUT2D eigenvalue weighted by molar-refractivity contribution is 0.530. The van der Waals surface area contributed by atoms with E-state index in [2.05, 4.69) is 26.4 Å². The number of benzene rings is 1. The van der Waals surface area contributed by atoms with Crippen LogP contribution in [0.15, 0.2) is 36.8 Å². The Morgan fingerprint density at radius 3 is 3.00 bits per heavy atom. The molecule has 1 fully saturated rings. The van der Waals surface area contributed by atoms with E-state index >= 15 is 0 Å². The molecule has 4 rings (SSSR count). The average molecular weight is 367 g/mol. The number of anilines is 2. The third-order valence-electron chi connectivity index (χ3n) is 4.78. The minimum absolute atomic E-state index is 0.237. The van der Waals surface area contributed by atoms with E-state index in [0.29, 0.717) is 10.6 Å². The molecule has 2 aromatic heterocycles. The first-order valence-corrected chi connectivity index (χ1v) is 9.00. The number of nitriles is 1. The number of piperidine rings is 1. The summed E-state index contributed by atoms with van der Waals surface area (Å²) in [6.45, 7) is 1.87. The van der Waals surface area contributed by atoms with Crippen molar-refractivity contribution in [1.29, 1.82) is 5.26 Å². The Balaban J connectivity index is 1.64. The molecule has 1 unspecified atom stereocenters. The van der Waals surface area contributed by atoms with Crippen LogP contribution in [0.4, 0.5) is 11.4 Å². The second kappa shape index (κ2) is 6.85. The number of aryl methyl sites for hydroxylation is 1. The van der Waals surface area contributed by atoms with E-state index in [1.807, 2.05) is 42.3 Å². The van der Waals surface area contributed by atoms with Gasteiger partial charge in [0.2, 0.25) is 0 Å². The minimum Gasteiger partial charge on any atom is -0.379 e. The number of halogens is 1. The Morgan fingerprint density at radius 1 is 1.35 bits per heavy atom. The zero-order valence-corrected chi connectivity index (χ0v) is 15.2. The normalized spacial score (nSPS) is 17.3. The van der Waals surface area contributed by atoms with E-state index in [9.17, 15) is 5.26 Å². The van der Waals surface area contributed by atoms with Gasteiger partial charge in [0, 0.05) is 49.0 Å². The van der Waals surface area contributed by atoms with Gasteiger partial charge in [-0.1, -0.05) is 11.6 Å². The molecule has 1 aliphatic rings. The molecule has 0 aliphatic carbocycles. The number of hydrogen-bond acceptors (Lipinski definition) is 5. The van der Waals surface area contributed by atoms with Crippen LogP contribution in [0.25, 0.3) is 10.9 Å². The molecule has 1 N–H and O–H groups in total. The molecular formula is C19H19ClN6. The fourth-order valence-corrected chi connectivity index (χ4v) is 3.68. The maximum Gasteiger partial charge on any atom is 0.103 e. The number of nitrogens with zero attached hydrogens (tertiary/aromatic N) is 5. The summed E-state index contributed by atoms with van der Waals surface area (Å²) < 4.78 is 1.82. The van der Waals surface area contributed by atoms with Gasteiger partial charge in [-0.3, -0.25) is 9.67 Å². The monoisotopic (exact) mass is 366 g/mol. The fourth-order valence-electron chi connectivity index (χ4n) is 3.51. The van der Waals surface area contributed by atoms with E-state index in [4.69, 9.17) is 11.6 Å². The second-order valence-corrected chi connectivity index (χ2v) is 7.06. The van der Waals surface area contributed by atoms with Crippen LogP contribution >= 0.6 is 11.6 Å². The van der Waals surface area contributed by atoms with E-state index in [1.165, 1.54) is 0 Å². The van der Waals surface area contributed by atoms with Gasteiger partial charge in [-0.2, -0.15) is 10.4 Å².